The number of unbranched alkanes of at least 4 members (excludes halogenated alkanes) is 2. The molecule has 1 heterocycles. The van der Waals surface area contributed by atoms with Crippen LogP contribution in [0, 0.1) is 6.92 Å². The van der Waals surface area contributed by atoms with E-state index in [4.69, 9.17) is 14.5 Å². The fraction of sp³-hybridized carbons (Fsp3) is 0.524. The van der Waals surface area contributed by atoms with Crippen molar-refractivity contribution >= 4 is 5.82 Å². The third-order valence-electron chi connectivity index (χ3n) is 4.41. The number of hydrogen-bond donors (Lipinski definition) is 1. The molecule has 0 fully saturated rings. The van der Waals surface area contributed by atoms with Gasteiger partial charge in [-0.25, -0.2) is 9.97 Å². The summed E-state index contributed by atoms with van der Waals surface area (Å²) in [6, 6.07) is 6.26. The molecule has 26 heavy (non-hydrogen) atoms. The minimum absolute atomic E-state index is 0.442. The van der Waals surface area contributed by atoms with Crippen LogP contribution in [0.1, 0.15) is 57.2 Å². The second kappa shape index (κ2) is 9.41. The van der Waals surface area contributed by atoms with Crippen molar-refractivity contribution in [3.8, 4) is 22.9 Å². The molecule has 5 heteroatoms. The summed E-state index contributed by atoms with van der Waals surface area (Å²) in [6.45, 7) is 9.13. The Morgan fingerprint density at radius 3 is 2.54 bits per heavy atom. The quantitative estimate of drug-likeness (QED) is 0.626. The highest BCUT2D eigenvalue weighted by molar-refractivity contribution is 5.71. The first kappa shape index (κ1) is 20.0. The number of anilines is 1. The van der Waals surface area contributed by atoms with Crippen molar-refractivity contribution in [1.82, 2.24) is 9.97 Å². The SMILES string of the molecule is CCCCCOc1nc(C)c(-c2ccc(C(C)C)cc2OC)nc1NC. The van der Waals surface area contributed by atoms with Crippen molar-refractivity contribution in [1.29, 1.82) is 0 Å². The molecule has 0 saturated heterocycles. The highest BCUT2D eigenvalue weighted by Gasteiger charge is 2.17. The Morgan fingerprint density at radius 2 is 1.92 bits per heavy atom. The van der Waals surface area contributed by atoms with E-state index in [0.29, 0.717) is 24.2 Å². The second-order valence-corrected chi connectivity index (χ2v) is 6.73. The molecule has 0 atom stereocenters. The largest absolute Gasteiger partial charge is 0.496 e. The average Bonchev–Trinajstić information content (AvgIpc) is 2.65. The van der Waals surface area contributed by atoms with Crippen LogP contribution in [0.5, 0.6) is 11.6 Å². The maximum absolute atomic E-state index is 5.84. The summed E-state index contributed by atoms with van der Waals surface area (Å²) in [5.41, 5.74) is 3.81. The molecule has 0 aliphatic heterocycles. The van der Waals surface area contributed by atoms with E-state index in [1.807, 2.05) is 14.0 Å². The lowest BCUT2D eigenvalue weighted by molar-refractivity contribution is 0.295. The minimum atomic E-state index is 0.442. The van der Waals surface area contributed by atoms with Gasteiger partial charge in [-0.05, 0) is 37.0 Å². The summed E-state index contributed by atoms with van der Waals surface area (Å²) in [5, 5.41) is 3.10. The Labute approximate surface area is 157 Å². The predicted octanol–water partition coefficient (Wildman–Crippen LogP) is 5.19. The number of ether oxygens (including phenoxy) is 2. The molecule has 142 valence electrons. The van der Waals surface area contributed by atoms with Crippen molar-refractivity contribution < 1.29 is 9.47 Å². The topological polar surface area (TPSA) is 56.3 Å². The maximum atomic E-state index is 5.84. The molecule has 0 aliphatic rings. The van der Waals surface area contributed by atoms with Crippen LogP contribution < -0.4 is 14.8 Å². The van der Waals surface area contributed by atoms with Gasteiger partial charge in [-0.2, -0.15) is 0 Å². The summed E-state index contributed by atoms with van der Waals surface area (Å²) < 4.78 is 11.5. The van der Waals surface area contributed by atoms with E-state index in [2.05, 4.69) is 49.3 Å². The van der Waals surface area contributed by atoms with E-state index in [1.165, 1.54) is 5.56 Å². The fourth-order valence-corrected chi connectivity index (χ4v) is 2.80. The standard InChI is InChI=1S/C21H31N3O2/c1-7-8-9-12-26-21-20(22-5)24-19(15(4)23-21)17-11-10-16(14(2)3)13-18(17)25-6/h10-11,13-14H,7-9,12H2,1-6H3,(H,22,24). The van der Waals surface area contributed by atoms with Gasteiger partial charge < -0.3 is 14.8 Å². The van der Waals surface area contributed by atoms with Crippen molar-refractivity contribution in [3.05, 3.63) is 29.5 Å². The van der Waals surface area contributed by atoms with Gasteiger partial charge >= 0.3 is 0 Å². The molecule has 0 amide bonds. The molecule has 0 bridgehead atoms. The molecule has 0 aliphatic carbocycles. The Hall–Kier alpha value is -2.30. The van der Waals surface area contributed by atoms with E-state index in [0.717, 1.165) is 42.0 Å². The van der Waals surface area contributed by atoms with Crippen molar-refractivity contribution in [2.24, 2.45) is 0 Å². The van der Waals surface area contributed by atoms with E-state index >= 15 is 0 Å². The lowest BCUT2D eigenvalue weighted by atomic mass is 9.99. The zero-order valence-corrected chi connectivity index (χ0v) is 16.8. The number of aromatic nitrogens is 2. The van der Waals surface area contributed by atoms with Gasteiger partial charge in [0.25, 0.3) is 5.88 Å². The highest BCUT2D eigenvalue weighted by atomic mass is 16.5. The van der Waals surface area contributed by atoms with Gasteiger partial charge in [0.2, 0.25) is 0 Å². The van der Waals surface area contributed by atoms with E-state index in [-0.39, 0.29) is 0 Å². The van der Waals surface area contributed by atoms with Crippen molar-refractivity contribution in [2.75, 3.05) is 26.1 Å². The van der Waals surface area contributed by atoms with Gasteiger partial charge in [-0.1, -0.05) is 39.7 Å². The molecule has 1 aromatic carbocycles. The summed E-state index contributed by atoms with van der Waals surface area (Å²) in [5.74, 6) is 2.46. The van der Waals surface area contributed by atoms with Crippen LogP contribution in [0.25, 0.3) is 11.3 Å². The molecule has 2 rings (SSSR count). The predicted molar refractivity (Wildman–Crippen MR) is 107 cm³/mol. The molecule has 5 nitrogen and oxygen atoms in total. The first-order valence-corrected chi connectivity index (χ1v) is 9.39. The van der Waals surface area contributed by atoms with Gasteiger partial charge in [-0.15, -0.1) is 0 Å². The van der Waals surface area contributed by atoms with E-state index in [1.54, 1.807) is 7.11 Å². The molecule has 0 spiro atoms. The number of nitrogens with one attached hydrogen (secondary N) is 1. The van der Waals surface area contributed by atoms with Crippen LogP contribution in [0.3, 0.4) is 0 Å². The molecule has 0 saturated carbocycles. The normalized spacial score (nSPS) is 10.9. The second-order valence-electron chi connectivity index (χ2n) is 6.73. The van der Waals surface area contributed by atoms with Crippen LogP contribution >= 0.6 is 0 Å². The first-order chi connectivity index (χ1) is 12.5. The molecule has 0 unspecified atom stereocenters. The lowest BCUT2D eigenvalue weighted by Crippen LogP contribution is -2.07. The third-order valence-corrected chi connectivity index (χ3v) is 4.41. The summed E-state index contributed by atoms with van der Waals surface area (Å²) >= 11 is 0. The molecule has 0 radical (unpaired) electrons. The number of hydrogen-bond acceptors (Lipinski definition) is 5. The molecular formula is C21H31N3O2. The number of aryl methyl sites for hydroxylation is 1. The summed E-state index contributed by atoms with van der Waals surface area (Å²) in [4.78, 5) is 9.41. The van der Waals surface area contributed by atoms with Crippen molar-refractivity contribution in [2.45, 2.75) is 52.9 Å². The molecule has 2 aromatic rings. The van der Waals surface area contributed by atoms with Gasteiger partial charge in [0.1, 0.15) is 5.75 Å². The van der Waals surface area contributed by atoms with Crippen LogP contribution in [0.2, 0.25) is 0 Å². The number of benzene rings is 1. The Morgan fingerprint density at radius 1 is 1.15 bits per heavy atom. The first-order valence-electron chi connectivity index (χ1n) is 9.39. The van der Waals surface area contributed by atoms with E-state index < -0.39 is 0 Å². The van der Waals surface area contributed by atoms with E-state index in [9.17, 15) is 0 Å². The number of rotatable bonds is 9. The summed E-state index contributed by atoms with van der Waals surface area (Å²) in [7, 11) is 3.52. The maximum Gasteiger partial charge on any atom is 0.257 e. The van der Waals surface area contributed by atoms with Crippen LogP contribution in [-0.2, 0) is 0 Å². The van der Waals surface area contributed by atoms with Crippen LogP contribution in [0.15, 0.2) is 18.2 Å². The lowest BCUT2D eigenvalue weighted by Gasteiger charge is -2.16. The minimum Gasteiger partial charge on any atom is -0.496 e. The monoisotopic (exact) mass is 357 g/mol. The summed E-state index contributed by atoms with van der Waals surface area (Å²) in [6.07, 6.45) is 3.34. The Bertz CT molecular complexity index is 729. The van der Waals surface area contributed by atoms with Gasteiger partial charge in [-0.3, -0.25) is 0 Å². The van der Waals surface area contributed by atoms with Gasteiger partial charge in [0.05, 0.1) is 25.1 Å². The van der Waals surface area contributed by atoms with Gasteiger partial charge in [0.15, 0.2) is 5.82 Å². The molecule has 1 N–H and O–H groups in total. The third kappa shape index (κ3) is 4.65. The van der Waals surface area contributed by atoms with Crippen LogP contribution in [0.4, 0.5) is 5.82 Å². The Kier molecular flexibility index (Phi) is 7.25. The van der Waals surface area contributed by atoms with Gasteiger partial charge in [0, 0.05) is 12.6 Å². The average molecular weight is 357 g/mol. The molecular weight excluding hydrogens is 326 g/mol. The number of methoxy groups -OCH3 is 1. The van der Waals surface area contributed by atoms with Crippen LogP contribution in [-0.4, -0.2) is 30.7 Å². The zero-order chi connectivity index (χ0) is 19.1. The smallest absolute Gasteiger partial charge is 0.257 e. The zero-order valence-electron chi connectivity index (χ0n) is 16.8. The van der Waals surface area contributed by atoms with Crippen molar-refractivity contribution in [3.63, 3.8) is 0 Å². The Balaban J connectivity index is 2.38. The number of nitrogens with zero attached hydrogens (tertiary/aromatic N) is 2. The fourth-order valence-electron chi connectivity index (χ4n) is 2.80. The molecule has 1 aromatic heterocycles. The highest BCUT2D eigenvalue weighted by Crippen LogP contribution is 2.35.